The van der Waals surface area contributed by atoms with Crippen LogP contribution in [0.25, 0.3) is 0 Å². The van der Waals surface area contributed by atoms with E-state index in [-0.39, 0.29) is 35.7 Å². The van der Waals surface area contributed by atoms with Crippen molar-refractivity contribution in [1.29, 1.82) is 0 Å². The Balaban J connectivity index is 1.44. The van der Waals surface area contributed by atoms with Crippen LogP contribution in [-0.2, 0) is 24.8 Å². The zero-order valence-corrected chi connectivity index (χ0v) is 27.8. The van der Waals surface area contributed by atoms with Crippen molar-refractivity contribution in [3.05, 3.63) is 86.8 Å². The van der Waals surface area contributed by atoms with Gasteiger partial charge in [0.25, 0.3) is 11.8 Å². The Bertz CT molecular complexity index is 1660. The third-order valence-corrected chi connectivity index (χ3v) is 9.17. The van der Waals surface area contributed by atoms with E-state index in [2.05, 4.69) is 35.9 Å². The smallest absolute Gasteiger partial charge is 0.274 e. The second kappa shape index (κ2) is 14.8. The average Bonchev–Trinajstić information content (AvgIpc) is 3.75. The zero-order chi connectivity index (χ0) is 32.8. The maximum atomic E-state index is 13.5. The Morgan fingerprint density at radius 2 is 1.83 bits per heavy atom. The van der Waals surface area contributed by atoms with Crippen LogP contribution in [0.15, 0.2) is 46.3 Å². The summed E-state index contributed by atoms with van der Waals surface area (Å²) in [4.78, 5) is 51.3. The second-order valence-corrected chi connectivity index (χ2v) is 12.9. The monoisotopic (exact) mass is 646 g/mol. The number of nitrogens with one attached hydrogen (secondary N) is 3. The van der Waals surface area contributed by atoms with Crippen molar-refractivity contribution in [3.63, 3.8) is 0 Å². The van der Waals surface area contributed by atoms with Crippen LogP contribution < -0.4 is 16.0 Å². The van der Waals surface area contributed by atoms with Crippen molar-refractivity contribution in [3.8, 4) is 0 Å². The lowest BCUT2D eigenvalue weighted by atomic mass is 10.0. The van der Waals surface area contributed by atoms with E-state index in [0.29, 0.717) is 55.5 Å². The lowest BCUT2D eigenvalue weighted by Gasteiger charge is -2.23. The first-order valence-electron chi connectivity index (χ1n) is 15.6. The molecule has 0 aliphatic carbocycles. The molecule has 4 bridgehead atoms. The molecule has 3 N–H and O–H groups in total. The highest BCUT2D eigenvalue weighted by Gasteiger charge is 2.29. The number of aryl methyl sites for hydroxylation is 2. The molecule has 0 saturated carbocycles. The summed E-state index contributed by atoms with van der Waals surface area (Å²) in [6.45, 7) is 9.95. The van der Waals surface area contributed by atoms with Gasteiger partial charge in [0.1, 0.15) is 22.5 Å². The third kappa shape index (κ3) is 8.07. The number of benzene rings is 1. The average molecular weight is 647 g/mol. The number of oxazole rings is 1. The molecule has 1 aliphatic heterocycles. The van der Waals surface area contributed by atoms with Crippen LogP contribution in [0.5, 0.6) is 0 Å². The number of carbonyl (C=O) groups excluding carboxylic acids is 3. The van der Waals surface area contributed by atoms with Crippen LogP contribution in [-0.4, -0.2) is 62.0 Å². The molecular weight excluding hydrogens is 604 g/mol. The Morgan fingerprint density at radius 3 is 2.54 bits per heavy atom. The minimum atomic E-state index is -0.562. The maximum Gasteiger partial charge on any atom is 0.274 e. The van der Waals surface area contributed by atoms with Crippen molar-refractivity contribution in [1.82, 2.24) is 40.6 Å². The fourth-order valence-corrected chi connectivity index (χ4v) is 6.46. The highest BCUT2D eigenvalue weighted by Crippen LogP contribution is 2.27. The Labute approximate surface area is 273 Å². The van der Waals surface area contributed by atoms with Gasteiger partial charge in [-0.15, -0.1) is 11.3 Å². The SMILES string of the molecule is Cc1oc2nc1C(=O)N[C@@H](C(C)C)c1nc(cs1)C(=O)NCCN(Cc1cnn(C)c1C)CCCC(=O)N[C@H]2Cc1ccccc1. The molecule has 13 heteroatoms. The van der Waals surface area contributed by atoms with Crippen molar-refractivity contribution >= 4 is 29.1 Å². The van der Waals surface area contributed by atoms with E-state index in [1.54, 1.807) is 12.3 Å². The van der Waals surface area contributed by atoms with Gasteiger partial charge in [-0.1, -0.05) is 44.2 Å². The zero-order valence-electron chi connectivity index (χ0n) is 27.0. The van der Waals surface area contributed by atoms with E-state index in [1.165, 1.54) is 11.3 Å². The lowest BCUT2D eigenvalue weighted by Crippen LogP contribution is -2.36. The molecule has 1 aliphatic rings. The number of rotatable bonds is 5. The number of hydrogen-bond acceptors (Lipinski definition) is 9. The molecule has 3 amide bonds. The van der Waals surface area contributed by atoms with Crippen LogP contribution in [0.4, 0.5) is 0 Å². The van der Waals surface area contributed by atoms with E-state index in [1.807, 2.05) is 69.0 Å². The van der Waals surface area contributed by atoms with Gasteiger partial charge in [-0.2, -0.15) is 5.10 Å². The summed E-state index contributed by atoms with van der Waals surface area (Å²) in [5.74, 6) is -0.197. The summed E-state index contributed by atoms with van der Waals surface area (Å²) in [5, 5.41) is 15.9. The van der Waals surface area contributed by atoms with E-state index < -0.39 is 18.0 Å². The van der Waals surface area contributed by atoms with Gasteiger partial charge in [0.05, 0.1) is 12.2 Å². The standard InChI is InChI=1S/C33H42N8O4S/c1-20(2)28-33-37-26(19-46-33)30(43)34-13-15-41(18-24-17-35-40(5)21(24)3)14-9-12-27(42)36-25(16-23-10-7-6-8-11-23)32-39-29(22(4)45-32)31(44)38-28/h6-8,10-11,17,19-20,25,28H,9,12-16,18H2,1-5H3,(H,34,43)(H,36,42)(H,38,44)/t25-,28-/m0/s1. The van der Waals surface area contributed by atoms with Gasteiger partial charge >= 0.3 is 0 Å². The number of hydrogen-bond donors (Lipinski definition) is 3. The Hall–Kier alpha value is -4.36. The quantitative estimate of drug-likeness (QED) is 0.295. The number of nitrogens with zero attached hydrogens (tertiary/aromatic N) is 5. The fourth-order valence-electron chi connectivity index (χ4n) is 5.44. The number of amides is 3. The molecule has 0 saturated heterocycles. The van der Waals surface area contributed by atoms with Gasteiger partial charge in [-0.25, -0.2) is 9.97 Å². The fraction of sp³-hybridized carbons (Fsp3) is 0.455. The van der Waals surface area contributed by atoms with Gasteiger partial charge in [0, 0.05) is 56.2 Å². The lowest BCUT2D eigenvalue weighted by molar-refractivity contribution is -0.122. The molecule has 5 rings (SSSR count). The topological polar surface area (TPSA) is 147 Å². The van der Waals surface area contributed by atoms with Gasteiger partial charge < -0.3 is 20.4 Å². The van der Waals surface area contributed by atoms with E-state index in [0.717, 1.165) is 16.8 Å². The predicted molar refractivity (Wildman–Crippen MR) is 174 cm³/mol. The first kappa shape index (κ1) is 33.0. The van der Waals surface area contributed by atoms with Crippen LogP contribution in [0.3, 0.4) is 0 Å². The van der Waals surface area contributed by atoms with Gasteiger partial charge in [0.2, 0.25) is 11.8 Å². The molecular formula is C33H42N8O4S. The van der Waals surface area contributed by atoms with Gasteiger partial charge in [-0.05, 0) is 38.3 Å². The highest BCUT2D eigenvalue weighted by atomic mass is 32.1. The molecule has 244 valence electrons. The summed E-state index contributed by atoms with van der Waals surface area (Å²) >= 11 is 1.34. The van der Waals surface area contributed by atoms with Crippen molar-refractivity contribution in [2.24, 2.45) is 13.0 Å². The first-order valence-corrected chi connectivity index (χ1v) is 16.5. The predicted octanol–water partition coefficient (Wildman–Crippen LogP) is 4.03. The maximum absolute atomic E-state index is 13.5. The highest BCUT2D eigenvalue weighted by molar-refractivity contribution is 7.09. The van der Waals surface area contributed by atoms with Crippen LogP contribution >= 0.6 is 11.3 Å². The summed E-state index contributed by atoms with van der Waals surface area (Å²) in [5.41, 5.74) is 3.63. The number of fused-ring (bicyclic) bond motifs is 4. The summed E-state index contributed by atoms with van der Waals surface area (Å²) in [6.07, 6.45) is 3.20. The molecule has 4 heterocycles. The number of aromatic nitrogens is 4. The molecule has 2 atom stereocenters. The van der Waals surface area contributed by atoms with Crippen LogP contribution in [0.1, 0.15) is 93.2 Å². The van der Waals surface area contributed by atoms with Crippen LogP contribution in [0.2, 0.25) is 0 Å². The summed E-state index contributed by atoms with van der Waals surface area (Å²) in [6, 6.07) is 8.79. The number of thiazole rings is 1. The Morgan fingerprint density at radius 1 is 1.04 bits per heavy atom. The van der Waals surface area contributed by atoms with Crippen molar-refractivity contribution < 1.29 is 18.8 Å². The van der Waals surface area contributed by atoms with E-state index in [4.69, 9.17) is 4.42 Å². The summed E-state index contributed by atoms with van der Waals surface area (Å²) < 4.78 is 7.87. The Kier molecular flexibility index (Phi) is 10.6. The van der Waals surface area contributed by atoms with E-state index >= 15 is 0 Å². The number of carbonyl (C=O) groups is 3. The van der Waals surface area contributed by atoms with Gasteiger partial charge in [-0.3, -0.25) is 24.0 Å². The van der Waals surface area contributed by atoms with E-state index in [9.17, 15) is 14.4 Å². The molecule has 0 radical (unpaired) electrons. The van der Waals surface area contributed by atoms with Crippen molar-refractivity contribution in [2.75, 3.05) is 19.6 Å². The normalized spacial score (nSPS) is 19.0. The molecule has 3 aromatic heterocycles. The third-order valence-electron chi connectivity index (χ3n) is 8.24. The molecule has 12 nitrogen and oxygen atoms in total. The first-order chi connectivity index (χ1) is 22.1. The molecule has 0 unspecified atom stereocenters. The summed E-state index contributed by atoms with van der Waals surface area (Å²) in [7, 11) is 1.91. The molecule has 0 fully saturated rings. The minimum Gasteiger partial charge on any atom is -0.443 e. The van der Waals surface area contributed by atoms with Crippen LogP contribution in [0, 0.1) is 19.8 Å². The van der Waals surface area contributed by atoms with Crippen molar-refractivity contribution in [2.45, 2.75) is 65.6 Å². The molecule has 0 spiro atoms. The second-order valence-electron chi connectivity index (χ2n) is 12.0. The molecule has 46 heavy (non-hydrogen) atoms. The minimum absolute atomic E-state index is 0.00912. The molecule has 1 aromatic carbocycles. The van der Waals surface area contributed by atoms with Gasteiger partial charge in [0.15, 0.2) is 5.69 Å². The molecule has 4 aromatic rings. The largest absolute Gasteiger partial charge is 0.443 e.